The van der Waals surface area contributed by atoms with Gasteiger partial charge in [-0.25, -0.2) is 4.79 Å². The summed E-state index contributed by atoms with van der Waals surface area (Å²) in [5.74, 6) is 0.739. The van der Waals surface area contributed by atoms with Crippen LogP contribution >= 0.6 is 0 Å². The quantitative estimate of drug-likeness (QED) is 0.421. The Kier molecular flexibility index (Phi) is 12.9. The van der Waals surface area contributed by atoms with Gasteiger partial charge in [0.15, 0.2) is 0 Å². The fraction of sp³-hybridized carbons (Fsp3) is 0.767. The molecule has 1 fully saturated rings. The summed E-state index contributed by atoms with van der Waals surface area (Å²) in [4.78, 5) is 12.8. The molecule has 0 saturated heterocycles. The molecule has 1 aliphatic rings. The molecule has 1 aliphatic carbocycles. The molecule has 0 N–H and O–H groups in total. The topological polar surface area (TPSA) is 26.3 Å². The Morgan fingerprint density at radius 2 is 1.31 bits per heavy atom. The van der Waals surface area contributed by atoms with Gasteiger partial charge in [0.05, 0.1) is 5.56 Å². The summed E-state index contributed by atoms with van der Waals surface area (Å²) < 4.78 is 5.97. The molecule has 1 aromatic rings. The molecule has 0 aromatic heterocycles. The van der Waals surface area contributed by atoms with Crippen LogP contribution in [0.2, 0.25) is 0 Å². The van der Waals surface area contributed by atoms with Crippen molar-refractivity contribution in [1.29, 1.82) is 0 Å². The van der Waals surface area contributed by atoms with Gasteiger partial charge in [-0.15, -0.1) is 0 Å². The van der Waals surface area contributed by atoms with Crippen LogP contribution < -0.4 is 0 Å². The highest BCUT2D eigenvalue weighted by Crippen LogP contribution is 2.43. The molecule has 32 heavy (non-hydrogen) atoms. The van der Waals surface area contributed by atoms with Crippen LogP contribution in [0.1, 0.15) is 143 Å². The number of ether oxygens (including phenoxy) is 1. The predicted molar refractivity (Wildman–Crippen MR) is 141 cm³/mol. The first-order chi connectivity index (χ1) is 14.8. The van der Waals surface area contributed by atoms with Crippen molar-refractivity contribution in [1.82, 2.24) is 0 Å². The van der Waals surface area contributed by atoms with Gasteiger partial charge in [0, 0.05) is 0 Å². The smallest absolute Gasteiger partial charge is 0.338 e. The van der Waals surface area contributed by atoms with Crippen LogP contribution in [0.3, 0.4) is 0 Å². The molecule has 0 heterocycles. The minimum absolute atomic E-state index is 0.179. The van der Waals surface area contributed by atoms with Crippen LogP contribution in [0.4, 0.5) is 0 Å². The molecule has 186 valence electrons. The lowest BCUT2D eigenvalue weighted by atomic mass is 9.69. The van der Waals surface area contributed by atoms with Gasteiger partial charge in [-0.05, 0) is 73.5 Å². The zero-order valence-corrected chi connectivity index (χ0v) is 23.5. The molecule has 0 radical (unpaired) electrons. The van der Waals surface area contributed by atoms with Crippen molar-refractivity contribution in [3.8, 4) is 0 Å². The summed E-state index contributed by atoms with van der Waals surface area (Å²) in [5.41, 5.74) is 2.02. The molecule has 0 spiro atoms. The van der Waals surface area contributed by atoms with Crippen molar-refractivity contribution in [2.45, 2.75) is 133 Å². The Hall–Kier alpha value is -1.31. The van der Waals surface area contributed by atoms with E-state index in [9.17, 15) is 4.79 Å². The third-order valence-electron chi connectivity index (χ3n) is 6.35. The number of carbonyl (C=O) groups is 1. The van der Waals surface area contributed by atoms with Crippen molar-refractivity contribution in [3.05, 3.63) is 35.4 Å². The number of hydrogen-bond acceptors (Lipinski definition) is 2. The third kappa shape index (κ3) is 10.1. The van der Waals surface area contributed by atoms with E-state index >= 15 is 0 Å². The summed E-state index contributed by atoms with van der Waals surface area (Å²) in [7, 11) is 0. The second-order valence-corrected chi connectivity index (χ2v) is 11.6. The van der Waals surface area contributed by atoms with Crippen molar-refractivity contribution < 1.29 is 9.53 Å². The largest absolute Gasteiger partial charge is 0.456 e. The second-order valence-electron chi connectivity index (χ2n) is 11.6. The van der Waals surface area contributed by atoms with Gasteiger partial charge in [-0.1, -0.05) is 101 Å². The maximum atomic E-state index is 12.8. The minimum atomic E-state index is -0.393. The zero-order valence-electron chi connectivity index (χ0n) is 23.5. The van der Waals surface area contributed by atoms with Gasteiger partial charge in [-0.3, -0.25) is 0 Å². The predicted octanol–water partition coefficient (Wildman–Crippen LogP) is 9.82. The summed E-state index contributed by atoms with van der Waals surface area (Å²) in [5, 5.41) is 0. The first kappa shape index (κ1) is 30.7. The maximum absolute atomic E-state index is 12.8. The van der Waals surface area contributed by atoms with E-state index < -0.39 is 5.60 Å². The van der Waals surface area contributed by atoms with Gasteiger partial charge in [-0.2, -0.15) is 0 Å². The highest BCUT2D eigenvalue weighted by molar-refractivity contribution is 5.89. The Bertz CT molecular complexity index is 635. The van der Waals surface area contributed by atoms with E-state index in [0.29, 0.717) is 17.4 Å². The molecule has 1 saturated carbocycles. The van der Waals surface area contributed by atoms with Gasteiger partial charge in [0.2, 0.25) is 0 Å². The Morgan fingerprint density at radius 1 is 0.844 bits per heavy atom. The van der Waals surface area contributed by atoms with Crippen LogP contribution in [0.25, 0.3) is 0 Å². The normalized spacial score (nSPS) is 16.1. The fourth-order valence-corrected chi connectivity index (χ4v) is 4.57. The van der Waals surface area contributed by atoms with Crippen molar-refractivity contribution in [3.63, 3.8) is 0 Å². The first-order valence-electron chi connectivity index (χ1n) is 13.1. The van der Waals surface area contributed by atoms with Crippen LogP contribution in [0.5, 0.6) is 0 Å². The second kappa shape index (κ2) is 13.4. The van der Waals surface area contributed by atoms with Crippen LogP contribution in [0, 0.1) is 16.7 Å². The molecule has 2 rings (SSSR count). The lowest BCUT2D eigenvalue weighted by Gasteiger charge is -2.37. The average Bonchev–Trinajstić information content (AvgIpc) is 2.74. The Labute approximate surface area is 200 Å². The molecular formula is C30H54O2. The third-order valence-corrected chi connectivity index (χ3v) is 6.35. The molecule has 2 nitrogen and oxygen atoms in total. The van der Waals surface area contributed by atoms with Crippen LogP contribution in [-0.2, 0) is 4.74 Å². The van der Waals surface area contributed by atoms with E-state index in [1.165, 1.54) is 37.7 Å². The van der Waals surface area contributed by atoms with Gasteiger partial charge >= 0.3 is 5.97 Å². The lowest BCUT2D eigenvalue weighted by molar-refractivity contribution is -0.0384. The molecule has 0 aliphatic heterocycles. The molecule has 1 aromatic carbocycles. The van der Waals surface area contributed by atoms with E-state index in [4.69, 9.17) is 4.74 Å². The molecule has 0 amide bonds. The highest BCUT2D eigenvalue weighted by Gasteiger charge is 2.35. The molecule has 0 bridgehead atoms. The van der Waals surface area contributed by atoms with Gasteiger partial charge in [0.1, 0.15) is 5.60 Å². The Balaban J connectivity index is 0.00000227. The lowest BCUT2D eigenvalue weighted by Crippen LogP contribution is -2.37. The SMILES string of the molecule is CC.CC.CC(C)(C)CC(c1ccc(C(=O)OC(C)(C)C2CCCCC2)cc1)C(C)(C)C. The van der Waals surface area contributed by atoms with E-state index in [1.54, 1.807) is 0 Å². The maximum Gasteiger partial charge on any atom is 0.338 e. The fourth-order valence-electron chi connectivity index (χ4n) is 4.57. The number of rotatable bonds is 5. The van der Waals surface area contributed by atoms with E-state index in [2.05, 4.69) is 67.5 Å². The zero-order chi connectivity index (χ0) is 25.2. The van der Waals surface area contributed by atoms with Crippen LogP contribution in [0.15, 0.2) is 24.3 Å². The number of esters is 1. The van der Waals surface area contributed by atoms with E-state index in [0.717, 1.165) is 6.42 Å². The minimum Gasteiger partial charge on any atom is -0.456 e. The van der Waals surface area contributed by atoms with Crippen molar-refractivity contribution in [2.24, 2.45) is 16.7 Å². The molecule has 2 heteroatoms. The first-order valence-corrected chi connectivity index (χ1v) is 13.1. The summed E-state index contributed by atoms with van der Waals surface area (Å²) in [6, 6.07) is 8.17. The van der Waals surface area contributed by atoms with Crippen molar-refractivity contribution >= 4 is 5.97 Å². The summed E-state index contributed by atoms with van der Waals surface area (Å²) in [6.07, 6.45) is 7.27. The summed E-state index contributed by atoms with van der Waals surface area (Å²) >= 11 is 0. The van der Waals surface area contributed by atoms with E-state index in [-0.39, 0.29) is 16.8 Å². The monoisotopic (exact) mass is 446 g/mol. The van der Waals surface area contributed by atoms with Crippen molar-refractivity contribution in [2.75, 3.05) is 0 Å². The van der Waals surface area contributed by atoms with Gasteiger partial charge in [0.25, 0.3) is 0 Å². The molecule has 1 unspecified atom stereocenters. The summed E-state index contributed by atoms with van der Waals surface area (Å²) in [6.45, 7) is 26.0. The average molecular weight is 447 g/mol. The number of carbonyl (C=O) groups excluding carboxylic acids is 1. The number of hydrogen-bond donors (Lipinski definition) is 0. The van der Waals surface area contributed by atoms with E-state index in [1.807, 2.05) is 39.8 Å². The standard InChI is InChI=1S/C26H42O2.2C2H6/c1-24(2,3)18-22(25(4,5)6)19-14-16-20(17-15-19)23(27)28-26(7,8)21-12-10-9-11-13-21;2*1-2/h14-17,21-22H,9-13,18H2,1-8H3;2*1-2H3. The molecular weight excluding hydrogens is 392 g/mol. The van der Waals surface area contributed by atoms with Gasteiger partial charge < -0.3 is 4.74 Å². The highest BCUT2D eigenvalue weighted by atomic mass is 16.6. The molecule has 1 atom stereocenters. The number of benzene rings is 1. The van der Waals surface area contributed by atoms with Crippen LogP contribution in [-0.4, -0.2) is 11.6 Å². The Morgan fingerprint density at radius 3 is 1.72 bits per heavy atom.